The summed E-state index contributed by atoms with van der Waals surface area (Å²) < 4.78 is 4.95. The van der Waals surface area contributed by atoms with Gasteiger partial charge in [0.15, 0.2) is 0 Å². The molecular weight excluding hydrogens is 200 g/mol. The van der Waals surface area contributed by atoms with Crippen LogP contribution in [0.5, 0.6) is 0 Å². The molecule has 14 heavy (non-hydrogen) atoms. The minimum atomic E-state index is -0.314. The molecule has 1 aromatic heterocycles. The molecule has 0 aromatic carbocycles. The molecule has 0 fully saturated rings. The van der Waals surface area contributed by atoms with Crippen LogP contribution in [0.15, 0.2) is 16.8 Å². The molecule has 1 aromatic rings. The molecule has 0 aliphatic rings. The fraction of sp³-hybridized carbons (Fsp3) is 0.400. The summed E-state index contributed by atoms with van der Waals surface area (Å²) in [4.78, 5) is 21.6. The zero-order valence-corrected chi connectivity index (χ0v) is 8.80. The predicted octanol–water partition coefficient (Wildman–Crippen LogP) is 2.16. The standard InChI is InChI=1S/C10H12O3S/c1-8(11)2-3-10(12)13-6-9-4-5-14-7-9/h4-5,7H,2-3,6H2,1H3. The molecule has 1 heterocycles. The summed E-state index contributed by atoms with van der Waals surface area (Å²) >= 11 is 1.56. The van der Waals surface area contributed by atoms with Crippen molar-refractivity contribution in [3.8, 4) is 0 Å². The summed E-state index contributed by atoms with van der Waals surface area (Å²) in [6, 6.07) is 1.91. The number of rotatable bonds is 5. The lowest BCUT2D eigenvalue weighted by atomic mass is 10.2. The monoisotopic (exact) mass is 212 g/mol. The quantitative estimate of drug-likeness (QED) is 0.702. The number of Topliss-reactive ketones (excluding diaryl/α,β-unsaturated/α-hetero) is 1. The number of ether oxygens (including phenoxy) is 1. The van der Waals surface area contributed by atoms with E-state index < -0.39 is 0 Å². The Morgan fingerprint density at radius 3 is 2.79 bits per heavy atom. The SMILES string of the molecule is CC(=O)CCC(=O)OCc1ccsc1. The number of carbonyl (C=O) groups excluding carboxylic acids is 2. The molecule has 0 saturated carbocycles. The molecule has 0 aliphatic heterocycles. The first-order valence-electron chi connectivity index (χ1n) is 4.34. The molecular formula is C10H12O3S. The van der Waals surface area contributed by atoms with Gasteiger partial charge >= 0.3 is 5.97 Å². The van der Waals surface area contributed by atoms with Crippen molar-refractivity contribution in [3.05, 3.63) is 22.4 Å². The number of hydrogen-bond acceptors (Lipinski definition) is 4. The predicted molar refractivity (Wildman–Crippen MR) is 54.0 cm³/mol. The van der Waals surface area contributed by atoms with Gasteiger partial charge in [-0.15, -0.1) is 0 Å². The molecule has 0 radical (unpaired) electrons. The molecule has 0 saturated heterocycles. The number of esters is 1. The van der Waals surface area contributed by atoms with Crippen LogP contribution >= 0.6 is 11.3 Å². The fourth-order valence-electron chi connectivity index (χ4n) is 0.889. The van der Waals surface area contributed by atoms with Crippen molar-refractivity contribution in [1.29, 1.82) is 0 Å². The summed E-state index contributed by atoms with van der Waals surface area (Å²) in [6.45, 7) is 1.77. The van der Waals surface area contributed by atoms with E-state index in [2.05, 4.69) is 0 Å². The summed E-state index contributed by atoms with van der Waals surface area (Å²) in [5.74, 6) is -0.302. The second-order valence-corrected chi connectivity index (χ2v) is 3.77. The van der Waals surface area contributed by atoms with E-state index in [0.29, 0.717) is 6.61 Å². The van der Waals surface area contributed by atoms with Crippen LogP contribution in [0.25, 0.3) is 0 Å². The van der Waals surface area contributed by atoms with Gasteiger partial charge in [0.1, 0.15) is 12.4 Å². The first-order chi connectivity index (χ1) is 6.68. The Morgan fingerprint density at radius 1 is 1.43 bits per heavy atom. The Hall–Kier alpha value is -1.16. The smallest absolute Gasteiger partial charge is 0.306 e. The van der Waals surface area contributed by atoms with E-state index in [1.54, 1.807) is 11.3 Å². The summed E-state index contributed by atoms with van der Waals surface area (Å²) in [5, 5.41) is 3.86. The Kier molecular flexibility index (Phi) is 4.32. The van der Waals surface area contributed by atoms with Gasteiger partial charge in [-0.25, -0.2) is 0 Å². The van der Waals surface area contributed by atoms with Crippen molar-refractivity contribution in [1.82, 2.24) is 0 Å². The number of thiophene rings is 1. The molecule has 0 bridgehead atoms. The van der Waals surface area contributed by atoms with Crippen molar-refractivity contribution in [2.75, 3.05) is 0 Å². The average molecular weight is 212 g/mol. The second kappa shape index (κ2) is 5.54. The molecule has 0 aliphatic carbocycles. The first-order valence-corrected chi connectivity index (χ1v) is 5.29. The maximum Gasteiger partial charge on any atom is 0.306 e. The normalized spacial score (nSPS) is 9.79. The lowest BCUT2D eigenvalue weighted by Gasteiger charge is -2.01. The number of carbonyl (C=O) groups is 2. The summed E-state index contributed by atoms with van der Waals surface area (Å²) in [6.07, 6.45) is 0.446. The van der Waals surface area contributed by atoms with Crippen molar-refractivity contribution < 1.29 is 14.3 Å². The molecule has 0 amide bonds. The zero-order valence-electron chi connectivity index (χ0n) is 7.99. The largest absolute Gasteiger partial charge is 0.461 e. The molecule has 76 valence electrons. The van der Waals surface area contributed by atoms with E-state index in [0.717, 1.165) is 5.56 Å². The minimum Gasteiger partial charge on any atom is -0.461 e. The summed E-state index contributed by atoms with van der Waals surface area (Å²) in [7, 11) is 0. The molecule has 0 unspecified atom stereocenters. The Bertz CT molecular complexity index is 303. The maximum atomic E-state index is 11.1. The van der Waals surface area contributed by atoms with E-state index in [4.69, 9.17) is 4.74 Å². The van der Waals surface area contributed by atoms with Crippen LogP contribution in [-0.2, 0) is 20.9 Å². The summed E-state index contributed by atoms with van der Waals surface area (Å²) in [5.41, 5.74) is 0.992. The van der Waals surface area contributed by atoms with Crippen LogP contribution in [-0.4, -0.2) is 11.8 Å². The second-order valence-electron chi connectivity index (χ2n) is 2.99. The number of hydrogen-bond donors (Lipinski definition) is 0. The molecule has 4 heteroatoms. The van der Waals surface area contributed by atoms with E-state index in [1.165, 1.54) is 6.92 Å². The van der Waals surface area contributed by atoms with Crippen LogP contribution in [0.2, 0.25) is 0 Å². The van der Waals surface area contributed by atoms with Crippen LogP contribution in [0.3, 0.4) is 0 Å². The van der Waals surface area contributed by atoms with Gasteiger partial charge in [0.2, 0.25) is 0 Å². The highest BCUT2D eigenvalue weighted by atomic mass is 32.1. The Labute approximate surface area is 86.7 Å². The fourth-order valence-corrected chi connectivity index (χ4v) is 1.54. The third-order valence-electron chi connectivity index (χ3n) is 1.66. The van der Waals surface area contributed by atoms with Gasteiger partial charge in [0.25, 0.3) is 0 Å². The third kappa shape index (κ3) is 4.18. The van der Waals surface area contributed by atoms with Gasteiger partial charge in [0.05, 0.1) is 6.42 Å². The van der Waals surface area contributed by atoms with Gasteiger partial charge < -0.3 is 9.53 Å². The van der Waals surface area contributed by atoms with Crippen molar-refractivity contribution in [2.24, 2.45) is 0 Å². The topological polar surface area (TPSA) is 43.4 Å². The average Bonchev–Trinajstić information content (AvgIpc) is 2.63. The van der Waals surface area contributed by atoms with Crippen LogP contribution in [0.4, 0.5) is 0 Å². The van der Waals surface area contributed by atoms with Crippen molar-refractivity contribution in [3.63, 3.8) is 0 Å². The highest BCUT2D eigenvalue weighted by Crippen LogP contribution is 2.07. The van der Waals surface area contributed by atoms with E-state index in [9.17, 15) is 9.59 Å². The van der Waals surface area contributed by atoms with Crippen molar-refractivity contribution in [2.45, 2.75) is 26.4 Å². The minimum absolute atomic E-state index is 0.0116. The molecule has 0 N–H and O–H groups in total. The van der Waals surface area contributed by atoms with Crippen molar-refractivity contribution >= 4 is 23.1 Å². The molecule has 1 rings (SSSR count). The lowest BCUT2D eigenvalue weighted by molar-refractivity contribution is -0.146. The molecule has 3 nitrogen and oxygen atoms in total. The number of ketones is 1. The third-order valence-corrected chi connectivity index (χ3v) is 2.39. The zero-order chi connectivity index (χ0) is 10.4. The Balaban J connectivity index is 2.18. The maximum absolute atomic E-state index is 11.1. The van der Waals surface area contributed by atoms with Crippen LogP contribution in [0.1, 0.15) is 25.3 Å². The highest BCUT2D eigenvalue weighted by Gasteiger charge is 2.05. The van der Waals surface area contributed by atoms with Gasteiger partial charge in [-0.05, 0) is 23.8 Å². The van der Waals surface area contributed by atoms with Gasteiger partial charge in [-0.1, -0.05) is 0 Å². The Morgan fingerprint density at radius 2 is 2.21 bits per heavy atom. The highest BCUT2D eigenvalue weighted by molar-refractivity contribution is 7.07. The van der Waals surface area contributed by atoms with E-state index in [1.807, 2.05) is 16.8 Å². The molecule has 0 spiro atoms. The van der Waals surface area contributed by atoms with Crippen LogP contribution in [0, 0.1) is 0 Å². The van der Waals surface area contributed by atoms with Gasteiger partial charge in [-0.3, -0.25) is 4.79 Å². The van der Waals surface area contributed by atoms with E-state index >= 15 is 0 Å². The lowest BCUT2D eigenvalue weighted by Crippen LogP contribution is -2.05. The van der Waals surface area contributed by atoms with E-state index in [-0.39, 0.29) is 24.6 Å². The van der Waals surface area contributed by atoms with Gasteiger partial charge in [-0.2, -0.15) is 11.3 Å². The van der Waals surface area contributed by atoms with Gasteiger partial charge in [0, 0.05) is 12.0 Å². The van der Waals surface area contributed by atoms with Crippen LogP contribution < -0.4 is 0 Å². The molecule has 0 atom stereocenters. The first kappa shape index (κ1) is 10.9.